The molecule has 0 saturated carbocycles. The van der Waals surface area contributed by atoms with Gasteiger partial charge in [-0.3, -0.25) is 0 Å². The molecule has 0 atom stereocenters. The molecule has 5 nitrogen and oxygen atoms in total. The number of benzene rings is 2. The lowest BCUT2D eigenvalue weighted by Gasteiger charge is -2.05. The smallest absolute Gasteiger partial charge is 0.252 e. The van der Waals surface area contributed by atoms with E-state index in [9.17, 15) is 4.39 Å². The van der Waals surface area contributed by atoms with Gasteiger partial charge in [0.2, 0.25) is 5.89 Å². The Bertz CT molecular complexity index is 1040. The predicted octanol–water partition coefficient (Wildman–Crippen LogP) is 4.73. The van der Waals surface area contributed by atoms with E-state index in [0.717, 1.165) is 11.3 Å². The van der Waals surface area contributed by atoms with Crippen LogP contribution in [0, 0.1) is 6.92 Å². The van der Waals surface area contributed by atoms with E-state index < -0.39 is 6.67 Å². The highest BCUT2D eigenvalue weighted by Crippen LogP contribution is 2.25. The lowest BCUT2D eigenvalue weighted by molar-refractivity contribution is 0.485. The molecule has 2 heterocycles. The Hall–Kier alpha value is -3.28. The van der Waals surface area contributed by atoms with E-state index in [1.165, 1.54) is 11.9 Å². The average Bonchev–Trinajstić information content (AvgIpc) is 3.08. The van der Waals surface area contributed by atoms with Crippen molar-refractivity contribution in [3.05, 3.63) is 77.4 Å². The van der Waals surface area contributed by atoms with Crippen LogP contribution in [0.25, 0.3) is 11.2 Å². The highest BCUT2D eigenvalue weighted by Gasteiger charge is 2.13. The van der Waals surface area contributed by atoms with E-state index in [2.05, 4.69) is 39.3 Å². The summed E-state index contributed by atoms with van der Waals surface area (Å²) in [6, 6.07) is 15.2. The highest BCUT2D eigenvalue weighted by molar-refractivity contribution is 5.83. The van der Waals surface area contributed by atoms with Gasteiger partial charge in [-0.2, -0.15) is 4.98 Å². The lowest BCUT2D eigenvalue weighted by Crippen LogP contribution is -1.96. The maximum absolute atomic E-state index is 12.6. The molecule has 26 heavy (non-hydrogen) atoms. The van der Waals surface area contributed by atoms with Crippen LogP contribution in [-0.2, 0) is 13.1 Å². The monoisotopic (exact) mass is 348 g/mol. The molecule has 0 amide bonds. The van der Waals surface area contributed by atoms with Gasteiger partial charge >= 0.3 is 0 Å². The first-order chi connectivity index (χ1) is 12.7. The number of aromatic nitrogens is 3. The third-order valence-corrected chi connectivity index (χ3v) is 4.21. The fraction of sp³-hybridized carbons (Fsp3) is 0.150. The maximum atomic E-state index is 12.6. The molecule has 1 N–H and O–H groups in total. The van der Waals surface area contributed by atoms with Crippen molar-refractivity contribution in [1.29, 1.82) is 0 Å². The molecule has 4 aromatic rings. The van der Waals surface area contributed by atoms with E-state index in [0.29, 0.717) is 34.9 Å². The molecule has 2 aromatic carbocycles. The first kappa shape index (κ1) is 16.2. The summed E-state index contributed by atoms with van der Waals surface area (Å²) in [5.41, 5.74) is 4.78. The van der Waals surface area contributed by atoms with Crippen molar-refractivity contribution in [2.45, 2.75) is 20.0 Å². The molecule has 0 aliphatic carbocycles. The zero-order valence-electron chi connectivity index (χ0n) is 14.2. The van der Waals surface area contributed by atoms with Gasteiger partial charge in [0, 0.05) is 12.1 Å². The minimum Gasteiger partial charge on any atom is -0.422 e. The van der Waals surface area contributed by atoms with Crippen LogP contribution >= 0.6 is 0 Å². The van der Waals surface area contributed by atoms with Crippen molar-refractivity contribution in [2.75, 3.05) is 5.32 Å². The molecule has 0 radical (unpaired) electrons. The summed E-state index contributed by atoms with van der Waals surface area (Å²) in [5.74, 6) is 1.15. The molecule has 0 fully saturated rings. The SMILES string of the molecule is Cc1ccccc1Cc1nc2c(Nc3ccc(CF)cc3)ncnc2o1. The summed E-state index contributed by atoms with van der Waals surface area (Å²) < 4.78 is 18.4. The van der Waals surface area contributed by atoms with E-state index in [1.54, 1.807) is 24.3 Å². The second-order valence-corrected chi connectivity index (χ2v) is 6.04. The highest BCUT2D eigenvalue weighted by atomic mass is 19.1. The van der Waals surface area contributed by atoms with Crippen molar-refractivity contribution in [1.82, 2.24) is 15.0 Å². The first-order valence-electron chi connectivity index (χ1n) is 8.30. The Morgan fingerprint density at radius 1 is 1.04 bits per heavy atom. The van der Waals surface area contributed by atoms with E-state index in [-0.39, 0.29) is 0 Å². The maximum Gasteiger partial charge on any atom is 0.252 e. The number of hydrogen-bond donors (Lipinski definition) is 1. The van der Waals surface area contributed by atoms with Crippen LogP contribution in [0.15, 0.2) is 59.3 Å². The van der Waals surface area contributed by atoms with Crippen molar-refractivity contribution >= 4 is 22.7 Å². The van der Waals surface area contributed by atoms with Crippen LogP contribution in [0.1, 0.15) is 22.6 Å². The van der Waals surface area contributed by atoms with Gasteiger partial charge in [-0.05, 0) is 35.7 Å². The number of fused-ring (bicyclic) bond motifs is 1. The molecule has 0 bridgehead atoms. The van der Waals surface area contributed by atoms with Gasteiger partial charge in [0.05, 0.1) is 0 Å². The zero-order chi connectivity index (χ0) is 17.9. The van der Waals surface area contributed by atoms with Crippen LogP contribution in [0.4, 0.5) is 15.9 Å². The molecule has 0 unspecified atom stereocenters. The molecule has 0 saturated heterocycles. The number of rotatable bonds is 5. The van der Waals surface area contributed by atoms with E-state index in [1.807, 2.05) is 12.1 Å². The molecular weight excluding hydrogens is 331 g/mol. The van der Waals surface area contributed by atoms with Gasteiger partial charge < -0.3 is 9.73 Å². The van der Waals surface area contributed by atoms with Crippen LogP contribution in [-0.4, -0.2) is 15.0 Å². The third kappa shape index (κ3) is 3.26. The minimum absolute atomic E-state index is 0.437. The van der Waals surface area contributed by atoms with Gasteiger partial charge in [0.1, 0.15) is 13.0 Å². The molecule has 4 rings (SSSR count). The fourth-order valence-electron chi connectivity index (χ4n) is 2.75. The standard InChI is InChI=1S/C20H17FN4O/c1-13-4-2-3-5-15(13)10-17-25-18-19(22-12-23-20(18)26-17)24-16-8-6-14(11-21)7-9-16/h2-9,12H,10-11H2,1H3,(H,22,23,24). The number of anilines is 2. The Balaban J connectivity index is 1.63. The van der Waals surface area contributed by atoms with Crippen molar-refractivity contribution in [2.24, 2.45) is 0 Å². The first-order valence-corrected chi connectivity index (χ1v) is 8.30. The fourth-order valence-corrected chi connectivity index (χ4v) is 2.75. The van der Waals surface area contributed by atoms with Crippen molar-refractivity contribution in [3.63, 3.8) is 0 Å². The van der Waals surface area contributed by atoms with Gasteiger partial charge in [0.15, 0.2) is 11.3 Å². The Labute approximate surface area is 149 Å². The molecule has 6 heteroatoms. The summed E-state index contributed by atoms with van der Waals surface area (Å²) in [5, 5.41) is 3.19. The molecule has 0 aliphatic heterocycles. The summed E-state index contributed by atoms with van der Waals surface area (Å²) in [7, 11) is 0. The van der Waals surface area contributed by atoms with Gasteiger partial charge in [-0.1, -0.05) is 36.4 Å². The Kier molecular flexibility index (Phi) is 4.31. The predicted molar refractivity (Wildman–Crippen MR) is 98.1 cm³/mol. The van der Waals surface area contributed by atoms with Crippen LogP contribution in [0.3, 0.4) is 0 Å². The minimum atomic E-state index is -0.483. The summed E-state index contributed by atoms with van der Waals surface area (Å²) in [6.45, 7) is 1.58. The normalized spacial score (nSPS) is 11.0. The number of aryl methyl sites for hydroxylation is 1. The average molecular weight is 348 g/mol. The second kappa shape index (κ2) is 6.92. The number of hydrogen-bond acceptors (Lipinski definition) is 5. The molecule has 0 aliphatic rings. The van der Waals surface area contributed by atoms with Crippen LogP contribution in [0.5, 0.6) is 0 Å². The van der Waals surface area contributed by atoms with Gasteiger partial charge in [0.25, 0.3) is 5.71 Å². The third-order valence-electron chi connectivity index (χ3n) is 4.21. The zero-order valence-corrected chi connectivity index (χ0v) is 14.2. The Morgan fingerprint density at radius 2 is 1.85 bits per heavy atom. The number of nitrogens with one attached hydrogen (secondary N) is 1. The van der Waals surface area contributed by atoms with Crippen LogP contribution < -0.4 is 5.32 Å². The number of oxazole rings is 1. The molecular formula is C20H17FN4O. The topological polar surface area (TPSA) is 63.8 Å². The largest absolute Gasteiger partial charge is 0.422 e. The second-order valence-electron chi connectivity index (χ2n) is 6.04. The van der Waals surface area contributed by atoms with Crippen LogP contribution in [0.2, 0.25) is 0 Å². The van der Waals surface area contributed by atoms with Crippen molar-refractivity contribution in [3.8, 4) is 0 Å². The summed E-state index contributed by atoms with van der Waals surface area (Å²) in [6.07, 6.45) is 2.02. The Morgan fingerprint density at radius 3 is 2.62 bits per heavy atom. The van der Waals surface area contributed by atoms with Gasteiger partial charge in [-0.25, -0.2) is 14.4 Å². The summed E-state index contributed by atoms with van der Waals surface area (Å²) >= 11 is 0. The lowest BCUT2D eigenvalue weighted by atomic mass is 10.1. The van der Waals surface area contributed by atoms with E-state index >= 15 is 0 Å². The molecule has 2 aromatic heterocycles. The summed E-state index contributed by atoms with van der Waals surface area (Å²) in [4.78, 5) is 13.0. The quantitative estimate of drug-likeness (QED) is 0.565. The number of alkyl halides is 1. The molecule has 0 spiro atoms. The van der Waals surface area contributed by atoms with Gasteiger partial charge in [-0.15, -0.1) is 0 Å². The van der Waals surface area contributed by atoms with E-state index in [4.69, 9.17) is 4.42 Å². The molecule has 130 valence electrons. The van der Waals surface area contributed by atoms with Crippen molar-refractivity contribution < 1.29 is 8.81 Å². The number of nitrogens with zero attached hydrogens (tertiary/aromatic N) is 3. The number of halogens is 1.